The molecule has 2 aromatic heterocycles. The zero-order chi connectivity index (χ0) is 19.5. The first-order valence-corrected chi connectivity index (χ1v) is 10.2. The highest BCUT2D eigenvalue weighted by molar-refractivity contribution is 7.13. The van der Waals surface area contributed by atoms with Crippen molar-refractivity contribution in [3.8, 4) is 22.2 Å². The van der Waals surface area contributed by atoms with Crippen molar-refractivity contribution in [2.45, 2.75) is 26.4 Å². The average molecular weight is 398 g/mol. The molecule has 3 heterocycles. The highest BCUT2D eigenvalue weighted by Crippen LogP contribution is 2.32. The number of rotatable bonds is 6. The van der Waals surface area contributed by atoms with Crippen LogP contribution in [0.25, 0.3) is 10.7 Å². The molecule has 0 saturated heterocycles. The zero-order valence-electron chi connectivity index (χ0n) is 16.0. The lowest BCUT2D eigenvalue weighted by Gasteiger charge is -2.28. The lowest BCUT2D eigenvalue weighted by atomic mass is 10.1. The number of aromatic nitrogens is 2. The van der Waals surface area contributed by atoms with Crippen LogP contribution in [-0.4, -0.2) is 35.1 Å². The Kier molecular flexibility index (Phi) is 5.45. The number of H-pyrrole nitrogens is 1. The van der Waals surface area contributed by atoms with Crippen LogP contribution in [0.4, 0.5) is 0 Å². The van der Waals surface area contributed by atoms with Crippen LogP contribution in [0.1, 0.15) is 23.7 Å². The van der Waals surface area contributed by atoms with Crippen molar-refractivity contribution in [3.05, 3.63) is 62.9 Å². The highest BCUT2D eigenvalue weighted by atomic mass is 32.1. The number of methoxy groups -OCH3 is 1. The molecule has 0 atom stereocenters. The summed E-state index contributed by atoms with van der Waals surface area (Å²) < 4.78 is 11.3. The second-order valence-corrected chi connectivity index (χ2v) is 7.61. The molecular weight excluding hydrogens is 374 g/mol. The number of ether oxygens (including phenoxy) is 2. The topological polar surface area (TPSA) is 67.5 Å². The smallest absolute Gasteiger partial charge is 0.255 e. The van der Waals surface area contributed by atoms with E-state index >= 15 is 0 Å². The second-order valence-electron chi connectivity index (χ2n) is 6.66. The van der Waals surface area contributed by atoms with E-state index in [-0.39, 0.29) is 5.56 Å². The van der Waals surface area contributed by atoms with Crippen molar-refractivity contribution in [3.63, 3.8) is 0 Å². The van der Waals surface area contributed by atoms with E-state index in [1.807, 2.05) is 42.6 Å². The van der Waals surface area contributed by atoms with E-state index in [1.54, 1.807) is 18.4 Å². The maximum atomic E-state index is 12.7. The van der Waals surface area contributed by atoms with E-state index in [9.17, 15) is 4.79 Å². The van der Waals surface area contributed by atoms with Crippen molar-refractivity contribution in [1.82, 2.24) is 14.9 Å². The predicted octanol–water partition coefficient (Wildman–Crippen LogP) is 3.46. The summed E-state index contributed by atoms with van der Waals surface area (Å²) in [6.07, 6.45) is 0.756. The summed E-state index contributed by atoms with van der Waals surface area (Å²) in [4.78, 5) is 23.6. The van der Waals surface area contributed by atoms with Crippen LogP contribution in [0.2, 0.25) is 0 Å². The Bertz CT molecular complexity index is 1010. The van der Waals surface area contributed by atoms with Crippen LogP contribution < -0.4 is 15.0 Å². The van der Waals surface area contributed by atoms with Gasteiger partial charge in [0.25, 0.3) is 5.56 Å². The standard InChI is InChI=1S/C21H23N3O3S/c1-3-27-19-14(6-4-7-17(19)26-2)12-24-10-9-16-15(13-24)21(25)23-20(22-16)18-8-5-11-28-18/h4-8,11H,3,9-10,12-13H2,1-2H3,(H,22,23,25). The van der Waals surface area contributed by atoms with Crippen LogP contribution in [0.3, 0.4) is 0 Å². The van der Waals surface area contributed by atoms with Gasteiger partial charge in [0, 0.05) is 31.6 Å². The zero-order valence-corrected chi connectivity index (χ0v) is 16.8. The lowest BCUT2D eigenvalue weighted by molar-refractivity contribution is 0.233. The molecule has 0 radical (unpaired) electrons. The van der Waals surface area contributed by atoms with Crippen LogP contribution in [-0.2, 0) is 19.5 Å². The van der Waals surface area contributed by atoms with Gasteiger partial charge in [-0.05, 0) is 24.4 Å². The van der Waals surface area contributed by atoms with Crippen molar-refractivity contribution < 1.29 is 9.47 Å². The van der Waals surface area contributed by atoms with E-state index in [0.29, 0.717) is 25.5 Å². The number of benzene rings is 1. The molecular formula is C21H23N3O3S. The minimum atomic E-state index is -0.0474. The minimum Gasteiger partial charge on any atom is -0.493 e. The largest absolute Gasteiger partial charge is 0.493 e. The second kappa shape index (κ2) is 8.16. The molecule has 146 valence electrons. The highest BCUT2D eigenvalue weighted by Gasteiger charge is 2.23. The Labute approximate surface area is 167 Å². The van der Waals surface area contributed by atoms with Gasteiger partial charge in [0.1, 0.15) is 0 Å². The molecule has 6 nitrogen and oxygen atoms in total. The van der Waals surface area contributed by atoms with E-state index in [0.717, 1.165) is 46.2 Å². The van der Waals surface area contributed by atoms with Crippen LogP contribution in [0, 0.1) is 0 Å². The number of para-hydroxylation sites is 1. The first kappa shape index (κ1) is 18.7. The summed E-state index contributed by atoms with van der Waals surface area (Å²) in [5.41, 5.74) is 2.67. The Morgan fingerprint density at radius 3 is 2.93 bits per heavy atom. The summed E-state index contributed by atoms with van der Waals surface area (Å²) >= 11 is 1.58. The van der Waals surface area contributed by atoms with Gasteiger partial charge in [0.2, 0.25) is 0 Å². The van der Waals surface area contributed by atoms with Gasteiger partial charge in [-0.2, -0.15) is 0 Å². The molecule has 28 heavy (non-hydrogen) atoms. The third-order valence-electron chi connectivity index (χ3n) is 4.87. The van der Waals surface area contributed by atoms with Gasteiger partial charge in [-0.25, -0.2) is 4.98 Å². The molecule has 0 saturated carbocycles. The number of fused-ring (bicyclic) bond motifs is 1. The summed E-state index contributed by atoms with van der Waals surface area (Å²) in [6, 6.07) is 9.86. The van der Waals surface area contributed by atoms with Gasteiger partial charge in [-0.15, -0.1) is 11.3 Å². The molecule has 0 unspecified atom stereocenters. The molecule has 0 aliphatic carbocycles. The van der Waals surface area contributed by atoms with Crippen LogP contribution in [0.15, 0.2) is 40.5 Å². The quantitative estimate of drug-likeness (QED) is 0.690. The fourth-order valence-electron chi connectivity index (χ4n) is 3.54. The monoisotopic (exact) mass is 397 g/mol. The molecule has 0 fully saturated rings. The fraction of sp³-hybridized carbons (Fsp3) is 0.333. The molecule has 0 amide bonds. The minimum absolute atomic E-state index is 0.0474. The summed E-state index contributed by atoms with van der Waals surface area (Å²) in [5.74, 6) is 2.17. The Hall–Kier alpha value is -2.64. The molecule has 0 spiro atoms. The van der Waals surface area contributed by atoms with Crippen molar-refractivity contribution in [2.75, 3.05) is 20.3 Å². The summed E-state index contributed by atoms with van der Waals surface area (Å²) in [7, 11) is 1.65. The Morgan fingerprint density at radius 2 is 2.18 bits per heavy atom. The number of nitrogens with one attached hydrogen (secondary N) is 1. The number of hydrogen-bond donors (Lipinski definition) is 1. The normalized spacial score (nSPS) is 13.9. The number of hydrogen-bond acceptors (Lipinski definition) is 6. The Morgan fingerprint density at radius 1 is 1.29 bits per heavy atom. The first-order valence-electron chi connectivity index (χ1n) is 9.36. The van der Waals surface area contributed by atoms with E-state index in [2.05, 4.69) is 9.88 Å². The van der Waals surface area contributed by atoms with Gasteiger partial charge in [-0.3, -0.25) is 9.69 Å². The molecule has 3 aromatic rings. The first-order chi connectivity index (χ1) is 13.7. The molecule has 7 heteroatoms. The van der Waals surface area contributed by atoms with Crippen molar-refractivity contribution in [1.29, 1.82) is 0 Å². The predicted molar refractivity (Wildman–Crippen MR) is 110 cm³/mol. The SMILES string of the molecule is CCOc1c(CN2CCc3nc(-c4cccs4)[nH]c(=O)c3C2)cccc1OC. The maximum Gasteiger partial charge on any atom is 0.255 e. The van der Waals surface area contributed by atoms with Crippen LogP contribution >= 0.6 is 11.3 Å². The summed E-state index contributed by atoms with van der Waals surface area (Å²) in [5, 5.41) is 1.99. The van der Waals surface area contributed by atoms with E-state index < -0.39 is 0 Å². The summed E-state index contributed by atoms with van der Waals surface area (Å²) in [6.45, 7) is 4.65. The molecule has 4 rings (SSSR count). The van der Waals surface area contributed by atoms with E-state index in [4.69, 9.17) is 14.5 Å². The number of thiophene rings is 1. The van der Waals surface area contributed by atoms with E-state index in [1.165, 1.54) is 0 Å². The van der Waals surface area contributed by atoms with Crippen molar-refractivity contribution in [2.24, 2.45) is 0 Å². The van der Waals surface area contributed by atoms with Crippen molar-refractivity contribution >= 4 is 11.3 Å². The molecule has 1 N–H and O–H groups in total. The Balaban J connectivity index is 1.58. The average Bonchev–Trinajstić information content (AvgIpc) is 3.24. The van der Waals surface area contributed by atoms with Gasteiger partial charge < -0.3 is 14.5 Å². The molecule has 1 aliphatic heterocycles. The van der Waals surface area contributed by atoms with Gasteiger partial charge in [0.15, 0.2) is 17.3 Å². The molecule has 1 aromatic carbocycles. The van der Waals surface area contributed by atoms with Gasteiger partial charge >= 0.3 is 0 Å². The van der Waals surface area contributed by atoms with Gasteiger partial charge in [0.05, 0.1) is 29.9 Å². The molecule has 1 aliphatic rings. The molecule has 0 bridgehead atoms. The fourth-order valence-corrected chi connectivity index (χ4v) is 4.21. The number of nitrogens with zero attached hydrogens (tertiary/aromatic N) is 2. The third-order valence-corrected chi connectivity index (χ3v) is 5.74. The van der Waals surface area contributed by atoms with Gasteiger partial charge in [-0.1, -0.05) is 18.2 Å². The number of aromatic amines is 1. The maximum absolute atomic E-state index is 12.7. The van der Waals surface area contributed by atoms with Crippen LogP contribution in [0.5, 0.6) is 11.5 Å². The third kappa shape index (κ3) is 3.68. The lowest BCUT2D eigenvalue weighted by Crippen LogP contribution is -2.35.